The van der Waals surface area contributed by atoms with E-state index in [2.05, 4.69) is 5.32 Å². The normalized spacial score (nSPS) is 12.2. The van der Waals surface area contributed by atoms with Gasteiger partial charge in [0.15, 0.2) is 0 Å². The number of nitrogens with zero attached hydrogens (tertiary/aromatic N) is 1. The summed E-state index contributed by atoms with van der Waals surface area (Å²) in [5.41, 5.74) is 0.839. The van der Waals surface area contributed by atoms with Gasteiger partial charge in [-0.15, -0.1) is 0 Å². The largest absolute Gasteiger partial charge is 0.348 e. The van der Waals surface area contributed by atoms with E-state index in [1.54, 1.807) is 20.2 Å². The minimum atomic E-state index is -0.259. The Morgan fingerprint density at radius 2 is 2.19 bits per heavy atom. The molecule has 88 valence electrons. The van der Waals surface area contributed by atoms with Crippen molar-refractivity contribution in [2.24, 2.45) is 0 Å². The van der Waals surface area contributed by atoms with Crippen molar-refractivity contribution in [3.63, 3.8) is 0 Å². The highest BCUT2D eigenvalue weighted by molar-refractivity contribution is 5.77. The van der Waals surface area contributed by atoms with Gasteiger partial charge in [-0.25, -0.2) is 4.39 Å². The zero-order valence-electron chi connectivity index (χ0n) is 9.83. The molecular formula is C12H17FN2O. The fourth-order valence-electron chi connectivity index (χ4n) is 1.29. The lowest BCUT2D eigenvalue weighted by Gasteiger charge is -2.16. The molecule has 0 spiro atoms. The number of amides is 1. The van der Waals surface area contributed by atoms with Crippen LogP contribution in [0, 0.1) is 5.82 Å². The van der Waals surface area contributed by atoms with Crippen LogP contribution in [0.4, 0.5) is 4.39 Å². The molecule has 1 amide bonds. The second-order valence-corrected chi connectivity index (χ2v) is 3.95. The highest BCUT2D eigenvalue weighted by Crippen LogP contribution is 2.12. The highest BCUT2D eigenvalue weighted by atomic mass is 19.1. The minimum Gasteiger partial charge on any atom is -0.348 e. The quantitative estimate of drug-likeness (QED) is 0.842. The molecule has 0 fully saturated rings. The van der Waals surface area contributed by atoms with Gasteiger partial charge in [0.2, 0.25) is 5.91 Å². The fraction of sp³-hybridized carbons (Fsp3) is 0.417. The van der Waals surface area contributed by atoms with Crippen LogP contribution in [0.25, 0.3) is 0 Å². The first kappa shape index (κ1) is 12.6. The van der Waals surface area contributed by atoms with Crippen LogP contribution in [0.15, 0.2) is 24.3 Å². The molecule has 16 heavy (non-hydrogen) atoms. The van der Waals surface area contributed by atoms with Gasteiger partial charge in [0, 0.05) is 20.1 Å². The summed E-state index contributed by atoms with van der Waals surface area (Å²) in [5, 5.41) is 3.05. The molecule has 0 aliphatic carbocycles. The van der Waals surface area contributed by atoms with Crippen LogP contribution in [0.2, 0.25) is 0 Å². The summed E-state index contributed by atoms with van der Waals surface area (Å²) in [6, 6.07) is 6.33. The van der Waals surface area contributed by atoms with Crippen LogP contribution in [-0.4, -0.2) is 31.4 Å². The van der Waals surface area contributed by atoms with E-state index in [1.165, 1.54) is 17.0 Å². The summed E-state index contributed by atoms with van der Waals surface area (Å²) >= 11 is 0. The summed E-state index contributed by atoms with van der Waals surface area (Å²) < 4.78 is 13.0. The minimum absolute atomic E-state index is 0.00301. The number of rotatable bonds is 4. The lowest BCUT2D eigenvalue weighted by atomic mass is 10.1. The SMILES string of the molecule is C[C@@H](NCC(=O)N(C)C)c1cccc(F)c1. The van der Waals surface area contributed by atoms with Crippen molar-refractivity contribution in [1.29, 1.82) is 0 Å². The number of hydrogen-bond donors (Lipinski definition) is 1. The zero-order chi connectivity index (χ0) is 12.1. The maximum Gasteiger partial charge on any atom is 0.236 e. The first-order valence-electron chi connectivity index (χ1n) is 5.19. The Morgan fingerprint density at radius 3 is 2.75 bits per heavy atom. The van der Waals surface area contributed by atoms with Gasteiger partial charge < -0.3 is 10.2 Å². The van der Waals surface area contributed by atoms with Gasteiger partial charge in [0.05, 0.1) is 6.54 Å². The fourth-order valence-corrected chi connectivity index (χ4v) is 1.29. The van der Waals surface area contributed by atoms with E-state index in [9.17, 15) is 9.18 Å². The Hall–Kier alpha value is -1.42. The molecule has 1 N–H and O–H groups in total. The van der Waals surface area contributed by atoms with E-state index < -0.39 is 0 Å². The number of carbonyl (C=O) groups is 1. The third-order valence-corrected chi connectivity index (χ3v) is 2.41. The van der Waals surface area contributed by atoms with E-state index in [0.29, 0.717) is 0 Å². The average Bonchev–Trinajstić information content (AvgIpc) is 2.25. The van der Waals surface area contributed by atoms with Gasteiger partial charge in [0.25, 0.3) is 0 Å². The first-order valence-corrected chi connectivity index (χ1v) is 5.19. The predicted molar refractivity (Wildman–Crippen MR) is 61.5 cm³/mol. The van der Waals surface area contributed by atoms with Crippen LogP contribution in [0.3, 0.4) is 0 Å². The van der Waals surface area contributed by atoms with Crippen molar-refractivity contribution in [2.75, 3.05) is 20.6 Å². The van der Waals surface area contributed by atoms with Crippen LogP contribution < -0.4 is 5.32 Å². The Kier molecular flexibility index (Phi) is 4.43. The molecule has 0 aromatic heterocycles. The Bertz CT molecular complexity index is 366. The molecule has 1 atom stereocenters. The number of likely N-dealkylation sites (N-methyl/N-ethyl adjacent to an activating group) is 1. The van der Waals surface area contributed by atoms with Crippen molar-refractivity contribution in [2.45, 2.75) is 13.0 Å². The smallest absolute Gasteiger partial charge is 0.236 e. The molecule has 0 unspecified atom stereocenters. The standard InChI is InChI=1S/C12H17FN2O/c1-9(14-8-12(16)15(2)3)10-5-4-6-11(13)7-10/h4-7,9,14H,8H2,1-3H3/t9-/m1/s1. The van der Waals surface area contributed by atoms with Crippen molar-refractivity contribution in [1.82, 2.24) is 10.2 Å². The van der Waals surface area contributed by atoms with E-state index in [0.717, 1.165) is 5.56 Å². The molecule has 4 heteroatoms. The average molecular weight is 224 g/mol. The van der Waals surface area contributed by atoms with Crippen molar-refractivity contribution in [3.05, 3.63) is 35.6 Å². The summed E-state index contributed by atoms with van der Waals surface area (Å²) in [6.07, 6.45) is 0. The number of hydrogen-bond acceptors (Lipinski definition) is 2. The number of halogens is 1. The molecule has 1 rings (SSSR count). The first-order chi connectivity index (χ1) is 7.50. The summed E-state index contributed by atoms with van der Waals surface area (Å²) in [7, 11) is 3.41. The van der Waals surface area contributed by atoms with Gasteiger partial charge >= 0.3 is 0 Å². The number of nitrogens with one attached hydrogen (secondary N) is 1. The van der Waals surface area contributed by atoms with Crippen molar-refractivity contribution in [3.8, 4) is 0 Å². The van der Waals surface area contributed by atoms with Crippen LogP contribution in [-0.2, 0) is 4.79 Å². The molecule has 0 radical (unpaired) electrons. The molecule has 0 aliphatic heterocycles. The lowest BCUT2D eigenvalue weighted by Crippen LogP contribution is -2.34. The predicted octanol–water partition coefficient (Wildman–Crippen LogP) is 1.56. The molecule has 0 saturated heterocycles. The molecule has 0 heterocycles. The van der Waals surface area contributed by atoms with Gasteiger partial charge in [-0.05, 0) is 24.6 Å². The van der Waals surface area contributed by atoms with E-state index in [4.69, 9.17) is 0 Å². The molecule has 1 aromatic rings. The van der Waals surface area contributed by atoms with Crippen LogP contribution in [0.1, 0.15) is 18.5 Å². The van der Waals surface area contributed by atoms with E-state index in [1.807, 2.05) is 13.0 Å². The van der Waals surface area contributed by atoms with Crippen LogP contribution >= 0.6 is 0 Å². The van der Waals surface area contributed by atoms with Gasteiger partial charge in [0.1, 0.15) is 5.82 Å². The number of carbonyl (C=O) groups excluding carboxylic acids is 1. The van der Waals surface area contributed by atoms with Gasteiger partial charge in [-0.1, -0.05) is 12.1 Å². The van der Waals surface area contributed by atoms with Crippen LogP contribution in [0.5, 0.6) is 0 Å². The second kappa shape index (κ2) is 5.61. The Balaban J connectivity index is 2.53. The monoisotopic (exact) mass is 224 g/mol. The zero-order valence-corrected chi connectivity index (χ0v) is 9.83. The molecular weight excluding hydrogens is 207 g/mol. The van der Waals surface area contributed by atoms with Crippen molar-refractivity contribution < 1.29 is 9.18 Å². The topological polar surface area (TPSA) is 32.3 Å². The van der Waals surface area contributed by atoms with Crippen molar-refractivity contribution >= 4 is 5.91 Å². The van der Waals surface area contributed by atoms with E-state index >= 15 is 0 Å². The van der Waals surface area contributed by atoms with Gasteiger partial charge in [-0.2, -0.15) is 0 Å². The Labute approximate surface area is 95.3 Å². The maximum atomic E-state index is 13.0. The van der Waals surface area contributed by atoms with E-state index in [-0.39, 0.29) is 24.3 Å². The summed E-state index contributed by atoms with van der Waals surface area (Å²) in [6.45, 7) is 2.16. The number of benzene rings is 1. The summed E-state index contributed by atoms with van der Waals surface area (Å²) in [5.74, 6) is -0.256. The molecule has 0 aliphatic rings. The second-order valence-electron chi connectivity index (χ2n) is 3.95. The third-order valence-electron chi connectivity index (χ3n) is 2.41. The van der Waals surface area contributed by atoms with Gasteiger partial charge in [-0.3, -0.25) is 4.79 Å². The molecule has 0 bridgehead atoms. The highest BCUT2D eigenvalue weighted by Gasteiger charge is 2.09. The summed E-state index contributed by atoms with van der Waals surface area (Å²) in [4.78, 5) is 12.9. The Morgan fingerprint density at radius 1 is 1.50 bits per heavy atom. The lowest BCUT2D eigenvalue weighted by molar-refractivity contribution is -0.127. The maximum absolute atomic E-state index is 13.0. The molecule has 3 nitrogen and oxygen atoms in total. The molecule has 0 saturated carbocycles. The third kappa shape index (κ3) is 3.62. The molecule has 1 aromatic carbocycles.